The second kappa shape index (κ2) is 4.00. The lowest BCUT2D eigenvalue weighted by molar-refractivity contribution is 0.235. The van der Waals surface area contributed by atoms with Gasteiger partial charge in [-0.15, -0.1) is 0 Å². The van der Waals surface area contributed by atoms with Crippen LogP contribution in [-0.4, -0.2) is 36.4 Å². The molecule has 0 radical (unpaired) electrons. The summed E-state index contributed by atoms with van der Waals surface area (Å²) in [5.41, 5.74) is 2.94. The number of nitrogens with one attached hydrogen (secondary N) is 1. The molecule has 2 atom stereocenters. The van der Waals surface area contributed by atoms with E-state index >= 15 is 0 Å². The molecule has 3 rings (SSSR count). The van der Waals surface area contributed by atoms with E-state index in [2.05, 4.69) is 41.5 Å². The highest BCUT2D eigenvalue weighted by Crippen LogP contribution is 2.50. The molecular formula is C14H20N2O. The Kier molecular flexibility index (Phi) is 2.60. The van der Waals surface area contributed by atoms with Gasteiger partial charge in [-0.2, -0.15) is 0 Å². The molecule has 1 aromatic rings. The van der Waals surface area contributed by atoms with Crippen molar-refractivity contribution in [2.24, 2.45) is 0 Å². The van der Waals surface area contributed by atoms with Crippen molar-refractivity contribution >= 4 is 5.69 Å². The summed E-state index contributed by atoms with van der Waals surface area (Å²) in [5.74, 6) is 0. The van der Waals surface area contributed by atoms with E-state index in [0.29, 0.717) is 12.8 Å². The molecule has 0 bridgehead atoms. The van der Waals surface area contributed by atoms with E-state index < -0.39 is 0 Å². The van der Waals surface area contributed by atoms with Gasteiger partial charge in [0.2, 0.25) is 0 Å². The zero-order valence-electron chi connectivity index (χ0n) is 10.3. The molecule has 2 heterocycles. The van der Waals surface area contributed by atoms with Crippen LogP contribution in [-0.2, 0) is 5.41 Å². The molecule has 1 fully saturated rings. The minimum absolute atomic E-state index is 0.216. The average molecular weight is 232 g/mol. The molecule has 0 spiro atoms. The lowest BCUT2D eigenvalue weighted by Gasteiger charge is -2.31. The number of likely N-dealkylation sites (N-methyl/N-ethyl adjacent to an activating group) is 1. The van der Waals surface area contributed by atoms with E-state index in [4.69, 9.17) is 5.11 Å². The lowest BCUT2D eigenvalue weighted by atomic mass is 9.75. The molecule has 0 amide bonds. The van der Waals surface area contributed by atoms with E-state index in [0.717, 1.165) is 19.4 Å². The van der Waals surface area contributed by atoms with Gasteiger partial charge in [0, 0.05) is 24.3 Å². The fraction of sp³-hybridized carbons (Fsp3) is 0.571. The Morgan fingerprint density at radius 2 is 2.29 bits per heavy atom. The molecule has 17 heavy (non-hydrogen) atoms. The second-order valence-electron chi connectivity index (χ2n) is 5.31. The topological polar surface area (TPSA) is 35.5 Å². The maximum absolute atomic E-state index is 9.12. The molecule has 0 saturated carbocycles. The molecular weight excluding hydrogens is 212 g/mol. The van der Waals surface area contributed by atoms with Crippen molar-refractivity contribution in [3.8, 4) is 0 Å². The normalized spacial score (nSPS) is 31.1. The van der Waals surface area contributed by atoms with Crippen LogP contribution in [0.1, 0.15) is 24.8 Å². The predicted molar refractivity (Wildman–Crippen MR) is 69.1 cm³/mol. The van der Waals surface area contributed by atoms with Gasteiger partial charge in [-0.05, 0) is 37.9 Å². The molecule has 92 valence electrons. The van der Waals surface area contributed by atoms with Gasteiger partial charge in [-0.1, -0.05) is 18.2 Å². The minimum Gasteiger partial charge on any atom is -0.396 e. The Morgan fingerprint density at radius 1 is 1.47 bits per heavy atom. The summed E-state index contributed by atoms with van der Waals surface area (Å²) in [4.78, 5) is 2.40. The highest BCUT2D eigenvalue weighted by Gasteiger charge is 2.51. The first-order chi connectivity index (χ1) is 8.28. The van der Waals surface area contributed by atoms with Crippen molar-refractivity contribution < 1.29 is 5.11 Å². The Labute approximate surface area is 102 Å². The van der Waals surface area contributed by atoms with Gasteiger partial charge in [0.1, 0.15) is 0 Å². The van der Waals surface area contributed by atoms with Crippen molar-refractivity contribution in [2.75, 3.05) is 25.5 Å². The van der Waals surface area contributed by atoms with Crippen molar-refractivity contribution in [1.82, 2.24) is 4.90 Å². The summed E-state index contributed by atoms with van der Waals surface area (Å²) in [6.07, 6.45) is 3.56. The van der Waals surface area contributed by atoms with Crippen LogP contribution in [0.4, 0.5) is 5.69 Å². The Bertz CT molecular complexity index is 420. The minimum atomic E-state index is 0.216. The van der Waals surface area contributed by atoms with Crippen LogP contribution < -0.4 is 5.32 Å². The van der Waals surface area contributed by atoms with E-state index in [1.54, 1.807) is 0 Å². The molecule has 0 aliphatic carbocycles. The van der Waals surface area contributed by atoms with Gasteiger partial charge < -0.3 is 10.4 Å². The van der Waals surface area contributed by atoms with Crippen LogP contribution in [0.3, 0.4) is 0 Å². The summed E-state index contributed by atoms with van der Waals surface area (Å²) in [5, 5.41) is 12.8. The predicted octanol–water partition coefficient (Wildman–Crippen LogP) is 1.78. The quantitative estimate of drug-likeness (QED) is 0.834. The standard InChI is InChI=1S/C14H20N2O/c1-16-9-8-14(7-4-10-17)11-5-2-3-6-12(11)15-13(14)16/h2-3,5-6,13,15,17H,4,7-10H2,1H3/t13-,14-/m0/s1. The summed E-state index contributed by atoms with van der Waals surface area (Å²) < 4.78 is 0. The first-order valence-electron chi connectivity index (χ1n) is 6.45. The number of hydrogen-bond donors (Lipinski definition) is 2. The van der Waals surface area contributed by atoms with Crippen molar-refractivity contribution in [3.05, 3.63) is 29.8 Å². The van der Waals surface area contributed by atoms with Crippen LogP contribution in [0.15, 0.2) is 24.3 Å². The Balaban J connectivity index is 2.01. The Hall–Kier alpha value is -1.06. The summed E-state index contributed by atoms with van der Waals surface area (Å²) in [7, 11) is 2.18. The van der Waals surface area contributed by atoms with Crippen molar-refractivity contribution in [1.29, 1.82) is 0 Å². The number of aliphatic hydroxyl groups is 1. The van der Waals surface area contributed by atoms with Crippen LogP contribution in [0.25, 0.3) is 0 Å². The number of rotatable bonds is 3. The molecule has 1 saturated heterocycles. The van der Waals surface area contributed by atoms with Crippen molar-refractivity contribution in [3.63, 3.8) is 0 Å². The lowest BCUT2D eigenvalue weighted by Crippen LogP contribution is -2.41. The zero-order valence-corrected chi connectivity index (χ0v) is 10.3. The van der Waals surface area contributed by atoms with E-state index in [1.165, 1.54) is 17.7 Å². The monoisotopic (exact) mass is 232 g/mol. The maximum atomic E-state index is 9.12. The van der Waals surface area contributed by atoms with E-state index in [1.807, 2.05) is 0 Å². The number of nitrogens with zero attached hydrogens (tertiary/aromatic N) is 1. The molecule has 2 aliphatic rings. The first-order valence-corrected chi connectivity index (χ1v) is 6.45. The van der Waals surface area contributed by atoms with Crippen LogP contribution in [0.2, 0.25) is 0 Å². The van der Waals surface area contributed by atoms with Gasteiger partial charge in [0.05, 0.1) is 6.17 Å². The number of hydrogen-bond acceptors (Lipinski definition) is 3. The number of aliphatic hydroxyl groups excluding tert-OH is 1. The van der Waals surface area contributed by atoms with Gasteiger partial charge in [0.25, 0.3) is 0 Å². The molecule has 3 nitrogen and oxygen atoms in total. The molecule has 2 N–H and O–H groups in total. The number of benzene rings is 1. The van der Waals surface area contributed by atoms with Gasteiger partial charge in [-0.25, -0.2) is 0 Å². The summed E-state index contributed by atoms with van der Waals surface area (Å²) in [6.45, 7) is 1.43. The SMILES string of the molecule is CN1CC[C@@]2(CCCO)c3ccccc3N[C@@H]12. The third kappa shape index (κ3) is 1.49. The number of anilines is 1. The largest absolute Gasteiger partial charge is 0.396 e. The summed E-state index contributed by atoms with van der Waals surface area (Å²) >= 11 is 0. The smallest absolute Gasteiger partial charge is 0.0891 e. The van der Waals surface area contributed by atoms with Crippen LogP contribution >= 0.6 is 0 Å². The van der Waals surface area contributed by atoms with Gasteiger partial charge in [-0.3, -0.25) is 4.90 Å². The zero-order chi connectivity index (χ0) is 11.9. The maximum Gasteiger partial charge on any atom is 0.0891 e. The van der Waals surface area contributed by atoms with Crippen LogP contribution in [0.5, 0.6) is 0 Å². The van der Waals surface area contributed by atoms with Gasteiger partial charge >= 0.3 is 0 Å². The number of para-hydroxylation sites is 1. The highest BCUT2D eigenvalue weighted by atomic mass is 16.2. The fourth-order valence-electron chi connectivity index (χ4n) is 3.58. The van der Waals surface area contributed by atoms with Gasteiger partial charge in [0.15, 0.2) is 0 Å². The number of fused-ring (bicyclic) bond motifs is 3. The Morgan fingerprint density at radius 3 is 3.12 bits per heavy atom. The molecule has 0 aromatic heterocycles. The number of likely N-dealkylation sites (tertiary alicyclic amines) is 1. The third-order valence-corrected chi connectivity index (χ3v) is 4.41. The van der Waals surface area contributed by atoms with Crippen molar-refractivity contribution in [2.45, 2.75) is 30.8 Å². The molecule has 0 unspecified atom stereocenters. The molecule has 3 heteroatoms. The summed E-state index contributed by atoms with van der Waals surface area (Å²) in [6, 6.07) is 8.63. The average Bonchev–Trinajstić information content (AvgIpc) is 2.84. The molecule has 2 aliphatic heterocycles. The third-order valence-electron chi connectivity index (χ3n) is 4.41. The highest BCUT2D eigenvalue weighted by molar-refractivity contribution is 5.62. The first kappa shape index (κ1) is 11.1. The van der Waals surface area contributed by atoms with Crippen LogP contribution in [0, 0.1) is 0 Å². The van der Waals surface area contributed by atoms with E-state index in [-0.39, 0.29) is 5.41 Å². The molecule has 1 aromatic carbocycles. The second-order valence-corrected chi connectivity index (χ2v) is 5.31. The van der Waals surface area contributed by atoms with E-state index in [9.17, 15) is 0 Å². The fourth-order valence-corrected chi connectivity index (χ4v) is 3.58.